The van der Waals surface area contributed by atoms with E-state index in [-0.39, 0.29) is 17.7 Å². The first-order valence-corrected chi connectivity index (χ1v) is 8.36. The van der Waals surface area contributed by atoms with Gasteiger partial charge < -0.3 is 10.2 Å². The van der Waals surface area contributed by atoms with Gasteiger partial charge in [-0.3, -0.25) is 14.6 Å². The minimum atomic E-state index is -0.0733. The van der Waals surface area contributed by atoms with Crippen LogP contribution in [0.5, 0.6) is 0 Å². The molecule has 0 saturated carbocycles. The quantitative estimate of drug-likeness (QED) is 0.865. The minimum absolute atomic E-state index is 0.0733. The van der Waals surface area contributed by atoms with Gasteiger partial charge in [-0.2, -0.15) is 0 Å². The number of rotatable bonds is 4. The summed E-state index contributed by atoms with van der Waals surface area (Å²) in [6.07, 6.45) is 11.2. The van der Waals surface area contributed by atoms with Crippen molar-refractivity contribution in [1.29, 1.82) is 0 Å². The first-order valence-electron chi connectivity index (χ1n) is 8.36. The molecule has 2 amide bonds. The Morgan fingerprint density at radius 2 is 1.96 bits per heavy atom. The van der Waals surface area contributed by atoms with Crippen LogP contribution in [0.4, 0.5) is 0 Å². The van der Waals surface area contributed by atoms with Gasteiger partial charge in [-0.05, 0) is 43.7 Å². The molecule has 1 aromatic heterocycles. The second-order valence-electron chi connectivity index (χ2n) is 6.38. The highest BCUT2D eigenvalue weighted by Gasteiger charge is 2.29. The monoisotopic (exact) mass is 313 g/mol. The van der Waals surface area contributed by atoms with Crippen LogP contribution in [-0.4, -0.2) is 41.3 Å². The molecule has 1 saturated heterocycles. The molecule has 23 heavy (non-hydrogen) atoms. The number of aromatic nitrogens is 1. The van der Waals surface area contributed by atoms with Crippen molar-refractivity contribution in [3.8, 4) is 0 Å². The van der Waals surface area contributed by atoms with E-state index in [4.69, 9.17) is 0 Å². The van der Waals surface area contributed by atoms with E-state index in [1.807, 2.05) is 4.90 Å². The summed E-state index contributed by atoms with van der Waals surface area (Å²) in [5, 5.41) is 2.98. The highest BCUT2D eigenvalue weighted by molar-refractivity contribution is 5.93. The van der Waals surface area contributed by atoms with Crippen molar-refractivity contribution < 1.29 is 9.59 Å². The van der Waals surface area contributed by atoms with E-state index in [1.165, 1.54) is 0 Å². The maximum Gasteiger partial charge on any atom is 0.251 e. The normalized spacial score (nSPS) is 21.4. The van der Waals surface area contributed by atoms with Gasteiger partial charge in [-0.1, -0.05) is 12.2 Å². The van der Waals surface area contributed by atoms with E-state index < -0.39 is 0 Å². The molecule has 122 valence electrons. The molecule has 2 aliphatic rings. The molecule has 0 radical (unpaired) electrons. The summed E-state index contributed by atoms with van der Waals surface area (Å²) in [7, 11) is 0. The Kier molecular flexibility index (Phi) is 5.05. The summed E-state index contributed by atoms with van der Waals surface area (Å²) in [5.74, 6) is 0.684. The van der Waals surface area contributed by atoms with Gasteiger partial charge >= 0.3 is 0 Å². The zero-order valence-electron chi connectivity index (χ0n) is 13.3. The smallest absolute Gasteiger partial charge is 0.251 e. The average molecular weight is 313 g/mol. The number of carbonyl (C=O) groups is 2. The van der Waals surface area contributed by atoms with Gasteiger partial charge in [0, 0.05) is 43.5 Å². The molecule has 3 rings (SSSR count). The number of piperidine rings is 1. The second kappa shape index (κ2) is 7.40. The van der Waals surface area contributed by atoms with Crippen LogP contribution in [0, 0.1) is 11.8 Å². The van der Waals surface area contributed by atoms with Crippen molar-refractivity contribution >= 4 is 11.8 Å². The largest absolute Gasteiger partial charge is 0.352 e. The number of amides is 2. The first-order chi connectivity index (χ1) is 11.2. The van der Waals surface area contributed by atoms with Crippen molar-refractivity contribution in [2.24, 2.45) is 11.8 Å². The molecular formula is C18H23N3O2. The number of nitrogens with zero attached hydrogens (tertiary/aromatic N) is 2. The van der Waals surface area contributed by atoms with Crippen LogP contribution in [0.1, 0.15) is 36.0 Å². The average Bonchev–Trinajstić information content (AvgIpc) is 3.14. The number of allylic oxidation sites excluding steroid dienone is 2. The van der Waals surface area contributed by atoms with Crippen LogP contribution in [0.15, 0.2) is 36.7 Å². The number of nitrogens with one attached hydrogen (secondary N) is 1. The molecule has 5 heteroatoms. The molecule has 0 spiro atoms. The molecule has 5 nitrogen and oxygen atoms in total. The van der Waals surface area contributed by atoms with Gasteiger partial charge in [-0.15, -0.1) is 0 Å². The number of hydrogen-bond donors (Lipinski definition) is 1. The summed E-state index contributed by atoms with van der Waals surface area (Å²) < 4.78 is 0. The lowest BCUT2D eigenvalue weighted by Gasteiger charge is -2.34. The number of pyridine rings is 1. The fraction of sp³-hybridized carbons (Fsp3) is 0.500. The number of carbonyl (C=O) groups excluding carboxylic acids is 2. The first kappa shape index (κ1) is 15.7. The van der Waals surface area contributed by atoms with Crippen LogP contribution in [-0.2, 0) is 4.79 Å². The van der Waals surface area contributed by atoms with Crippen molar-refractivity contribution in [1.82, 2.24) is 15.2 Å². The van der Waals surface area contributed by atoms with E-state index >= 15 is 0 Å². The maximum atomic E-state index is 12.5. The molecule has 0 aromatic carbocycles. The van der Waals surface area contributed by atoms with E-state index in [2.05, 4.69) is 22.5 Å². The summed E-state index contributed by atoms with van der Waals surface area (Å²) in [5.41, 5.74) is 0.626. The lowest BCUT2D eigenvalue weighted by Crippen LogP contribution is -2.45. The minimum Gasteiger partial charge on any atom is -0.352 e. The molecule has 1 atom stereocenters. The maximum absolute atomic E-state index is 12.5. The molecule has 1 N–H and O–H groups in total. The van der Waals surface area contributed by atoms with Gasteiger partial charge in [0.05, 0.1) is 0 Å². The Labute approximate surface area is 136 Å². The number of hydrogen-bond acceptors (Lipinski definition) is 3. The highest BCUT2D eigenvalue weighted by Crippen LogP contribution is 2.24. The van der Waals surface area contributed by atoms with E-state index in [1.54, 1.807) is 24.5 Å². The molecule has 1 aliphatic heterocycles. The molecule has 0 bridgehead atoms. The topological polar surface area (TPSA) is 62.3 Å². The van der Waals surface area contributed by atoms with E-state index in [0.29, 0.717) is 18.0 Å². The number of likely N-dealkylation sites (tertiary alicyclic amines) is 1. The Morgan fingerprint density at radius 3 is 2.70 bits per heavy atom. The summed E-state index contributed by atoms with van der Waals surface area (Å²) in [4.78, 5) is 30.5. The Hall–Kier alpha value is -2.17. The summed E-state index contributed by atoms with van der Waals surface area (Å²) in [6.45, 7) is 2.23. The Morgan fingerprint density at radius 1 is 1.22 bits per heavy atom. The SMILES string of the molecule is O=C(NC[C@H]1CCCN(C(=O)C2CC=CC2)C1)c1ccncc1. The van der Waals surface area contributed by atoms with Gasteiger partial charge in [-0.25, -0.2) is 0 Å². The van der Waals surface area contributed by atoms with Crippen LogP contribution < -0.4 is 5.32 Å². The van der Waals surface area contributed by atoms with Crippen LogP contribution in [0.25, 0.3) is 0 Å². The van der Waals surface area contributed by atoms with Crippen LogP contribution in [0.3, 0.4) is 0 Å². The Bertz CT molecular complexity index is 577. The molecule has 1 fully saturated rings. The third-order valence-corrected chi connectivity index (χ3v) is 4.68. The second-order valence-corrected chi connectivity index (χ2v) is 6.38. The molecule has 1 aliphatic carbocycles. The predicted octanol–water partition coefficient (Wildman–Crippen LogP) is 2.02. The van der Waals surface area contributed by atoms with E-state index in [9.17, 15) is 9.59 Å². The highest BCUT2D eigenvalue weighted by atomic mass is 16.2. The van der Waals surface area contributed by atoms with Crippen molar-refractivity contribution in [3.63, 3.8) is 0 Å². The van der Waals surface area contributed by atoms with Crippen molar-refractivity contribution in [2.75, 3.05) is 19.6 Å². The van der Waals surface area contributed by atoms with Gasteiger partial charge in [0.2, 0.25) is 5.91 Å². The van der Waals surface area contributed by atoms with Crippen LogP contribution in [0.2, 0.25) is 0 Å². The van der Waals surface area contributed by atoms with Gasteiger partial charge in [0.1, 0.15) is 0 Å². The molecular weight excluding hydrogens is 290 g/mol. The standard InChI is InChI=1S/C18H23N3O2/c22-17(15-7-9-19-10-8-15)20-12-14-4-3-11-21(13-14)18(23)16-5-1-2-6-16/h1-2,7-10,14,16H,3-6,11-13H2,(H,20,22)/t14-/m1/s1. The van der Waals surface area contributed by atoms with Crippen molar-refractivity contribution in [3.05, 3.63) is 42.2 Å². The summed E-state index contributed by atoms with van der Waals surface area (Å²) >= 11 is 0. The lowest BCUT2D eigenvalue weighted by molar-refractivity contribution is -0.136. The van der Waals surface area contributed by atoms with Crippen molar-refractivity contribution in [2.45, 2.75) is 25.7 Å². The fourth-order valence-corrected chi connectivity index (χ4v) is 3.35. The third kappa shape index (κ3) is 3.97. The van der Waals surface area contributed by atoms with Gasteiger partial charge in [0.25, 0.3) is 5.91 Å². The predicted molar refractivity (Wildman–Crippen MR) is 87.7 cm³/mol. The zero-order valence-corrected chi connectivity index (χ0v) is 13.3. The fourth-order valence-electron chi connectivity index (χ4n) is 3.35. The van der Waals surface area contributed by atoms with E-state index in [0.717, 1.165) is 38.8 Å². The van der Waals surface area contributed by atoms with Gasteiger partial charge in [0.15, 0.2) is 0 Å². The summed E-state index contributed by atoms with van der Waals surface area (Å²) in [6, 6.07) is 3.41. The van der Waals surface area contributed by atoms with Crippen LogP contribution >= 0.6 is 0 Å². The Balaban J connectivity index is 1.49. The zero-order chi connectivity index (χ0) is 16.1. The lowest BCUT2D eigenvalue weighted by atomic mass is 9.95. The molecule has 0 unspecified atom stereocenters. The third-order valence-electron chi connectivity index (χ3n) is 4.68. The molecule has 2 heterocycles. The molecule has 1 aromatic rings.